The first-order chi connectivity index (χ1) is 18.8. The first-order valence-electron chi connectivity index (χ1n) is 13.5. The van der Waals surface area contributed by atoms with E-state index < -0.39 is 37.4 Å². The van der Waals surface area contributed by atoms with E-state index >= 15 is 0 Å². The van der Waals surface area contributed by atoms with Gasteiger partial charge in [0, 0.05) is 18.6 Å². The second-order valence-corrected chi connectivity index (χ2v) is 7.68. The van der Waals surface area contributed by atoms with Gasteiger partial charge in [0.15, 0.2) is 0 Å². The smallest absolute Gasteiger partial charge is 0.406 e. The number of carbonyl (C=O) groups is 1. The largest absolute Gasteiger partial charge is 0.573 e. The SMILES string of the molecule is [2H]C1([2H])N(c2ccc(NC(=O)c3cccc(-c4ccc(OC(F)(F)F)cc4)c3C)cn2)C([2H])([2H])[C@]([2H])(C)O[C@]1([2H])C. The highest BCUT2D eigenvalue weighted by atomic mass is 19.4. The molecular formula is C26H26F3N3O3. The summed E-state index contributed by atoms with van der Waals surface area (Å²) in [5.41, 5.74) is 2.21. The number of ether oxygens (including phenoxy) is 2. The number of aromatic nitrogens is 1. The minimum atomic E-state index is -4.81. The summed E-state index contributed by atoms with van der Waals surface area (Å²) in [5, 5.41) is 2.67. The number of benzene rings is 2. The van der Waals surface area contributed by atoms with Gasteiger partial charge in [-0.1, -0.05) is 24.3 Å². The van der Waals surface area contributed by atoms with Crippen LogP contribution in [-0.2, 0) is 4.74 Å². The first-order valence-corrected chi connectivity index (χ1v) is 10.5. The standard InChI is InChI=1S/C26H26F3N3O3/c1-16-14-32(15-17(2)34-16)24-12-9-20(13-30-24)31-25(33)23-6-4-5-22(18(23)3)19-7-10-21(11-8-19)35-26(27,28)29/h4-13,16-17H,14-15H2,1-3H3,(H,31,33)/t16-,17+/i14D2,15D2,16D,17D. The van der Waals surface area contributed by atoms with Crippen molar-refractivity contribution in [2.24, 2.45) is 0 Å². The molecule has 35 heavy (non-hydrogen) atoms. The lowest BCUT2D eigenvalue weighted by atomic mass is 9.96. The topological polar surface area (TPSA) is 63.7 Å². The fourth-order valence-electron chi connectivity index (χ4n) is 3.55. The number of nitrogens with zero attached hydrogens (tertiary/aromatic N) is 2. The van der Waals surface area contributed by atoms with Gasteiger partial charge < -0.3 is 19.7 Å². The Bertz CT molecular complexity index is 1420. The number of carbonyl (C=O) groups excluding carboxylic acids is 1. The van der Waals surface area contributed by atoms with Crippen LogP contribution in [0.2, 0.25) is 0 Å². The Kier molecular flexibility index (Phi) is 5.06. The molecule has 0 radical (unpaired) electrons. The monoisotopic (exact) mass is 491 g/mol. The van der Waals surface area contributed by atoms with Crippen LogP contribution < -0.4 is 15.0 Å². The van der Waals surface area contributed by atoms with E-state index in [1.807, 2.05) is 0 Å². The van der Waals surface area contributed by atoms with Crippen LogP contribution in [0.1, 0.15) is 38.0 Å². The number of alkyl halides is 3. The zero-order valence-electron chi connectivity index (χ0n) is 25.0. The van der Waals surface area contributed by atoms with Crippen molar-refractivity contribution in [3.05, 3.63) is 71.9 Å². The van der Waals surface area contributed by atoms with Crippen LogP contribution in [0, 0.1) is 6.92 Å². The molecule has 9 heteroatoms. The molecule has 4 rings (SSSR count). The van der Waals surface area contributed by atoms with Crippen molar-refractivity contribution in [1.82, 2.24) is 4.98 Å². The molecule has 1 amide bonds. The fraction of sp³-hybridized carbons (Fsp3) is 0.308. The molecule has 1 aromatic heterocycles. The minimum absolute atomic E-state index is 0.203. The second kappa shape index (κ2) is 9.95. The number of pyridine rings is 1. The van der Waals surface area contributed by atoms with E-state index in [2.05, 4.69) is 15.0 Å². The maximum atomic E-state index is 13.1. The van der Waals surface area contributed by atoms with Gasteiger partial charge in [-0.2, -0.15) is 0 Å². The average molecular weight is 492 g/mol. The fourth-order valence-corrected chi connectivity index (χ4v) is 3.55. The molecule has 1 N–H and O–H groups in total. The van der Waals surface area contributed by atoms with Crippen molar-refractivity contribution < 1.29 is 35.7 Å². The van der Waals surface area contributed by atoms with Crippen LogP contribution >= 0.6 is 0 Å². The number of nitrogens with one attached hydrogen (secondary N) is 1. The first kappa shape index (κ1) is 17.8. The normalized spacial score (nSPS) is 27.9. The van der Waals surface area contributed by atoms with Gasteiger partial charge in [0.05, 0.1) is 32.3 Å². The lowest BCUT2D eigenvalue weighted by Gasteiger charge is -2.36. The molecule has 184 valence electrons. The molecule has 0 aliphatic carbocycles. The van der Waals surface area contributed by atoms with Crippen molar-refractivity contribution in [2.75, 3.05) is 23.2 Å². The minimum Gasteiger partial charge on any atom is -0.406 e. The molecule has 1 aliphatic rings. The summed E-state index contributed by atoms with van der Waals surface area (Å²) in [5.74, 6) is -1.11. The number of amides is 1. The Morgan fingerprint density at radius 1 is 1.14 bits per heavy atom. The quantitative estimate of drug-likeness (QED) is 0.487. The van der Waals surface area contributed by atoms with Crippen LogP contribution in [0.15, 0.2) is 60.8 Å². The van der Waals surface area contributed by atoms with E-state index in [4.69, 9.17) is 13.0 Å². The Balaban J connectivity index is 1.57. The average Bonchev–Trinajstić information content (AvgIpc) is 2.83. The molecule has 6 nitrogen and oxygen atoms in total. The highest BCUT2D eigenvalue weighted by Crippen LogP contribution is 2.30. The molecule has 1 fully saturated rings. The van der Waals surface area contributed by atoms with E-state index in [0.29, 0.717) is 21.6 Å². The molecule has 1 aliphatic heterocycles. The molecule has 2 atom stereocenters. The number of hydrogen-bond acceptors (Lipinski definition) is 5. The highest BCUT2D eigenvalue weighted by molar-refractivity contribution is 6.06. The van der Waals surface area contributed by atoms with Crippen LogP contribution in [0.4, 0.5) is 24.7 Å². The third kappa shape index (κ3) is 6.10. The van der Waals surface area contributed by atoms with Gasteiger partial charge in [-0.25, -0.2) is 4.98 Å². The van der Waals surface area contributed by atoms with Gasteiger partial charge >= 0.3 is 6.36 Å². The van der Waals surface area contributed by atoms with Crippen LogP contribution in [0.25, 0.3) is 11.1 Å². The molecule has 3 aromatic rings. The molecule has 0 unspecified atom stereocenters. The van der Waals surface area contributed by atoms with Crippen LogP contribution in [0.5, 0.6) is 5.75 Å². The Morgan fingerprint density at radius 3 is 2.43 bits per heavy atom. The summed E-state index contributed by atoms with van der Waals surface area (Å²) < 4.78 is 96.5. The number of rotatable bonds is 5. The van der Waals surface area contributed by atoms with E-state index in [-0.39, 0.29) is 22.8 Å². The van der Waals surface area contributed by atoms with Crippen molar-refractivity contribution in [1.29, 1.82) is 0 Å². The predicted molar refractivity (Wildman–Crippen MR) is 128 cm³/mol. The van der Waals surface area contributed by atoms with Crippen molar-refractivity contribution in [2.45, 2.75) is 39.3 Å². The second-order valence-electron chi connectivity index (χ2n) is 7.68. The van der Waals surface area contributed by atoms with Gasteiger partial charge in [0.25, 0.3) is 5.91 Å². The molecule has 2 heterocycles. The van der Waals surface area contributed by atoms with E-state index in [0.717, 1.165) is 13.8 Å². The molecule has 0 saturated carbocycles. The Labute approximate surface area is 210 Å². The zero-order chi connectivity index (χ0) is 30.6. The van der Waals surface area contributed by atoms with E-state index in [1.54, 1.807) is 25.1 Å². The summed E-state index contributed by atoms with van der Waals surface area (Å²) in [6.07, 6.45) is -8.24. The zero-order valence-corrected chi connectivity index (χ0v) is 19.0. The number of anilines is 2. The van der Waals surface area contributed by atoms with Gasteiger partial charge in [-0.05, 0) is 67.8 Å². The van der Waals surface area contributed by atoms with Crippen molar-refractivity contribution in [3.63, 3.8) is 0 Å². The maximum Gasteiger partial charge on any atom is 0.573 e. The predicted octanol–water partition coefficient (Wildman–Crippen LogP) is 5.82. The van der Waals surface area contributed by atoms with Gasteiger partial charge in [-0.3, -0.25) is 4.79 Å². The molecule has 0 bridgehead atoms. The summed E-state index contributed by atoms with van der Waals surface area (Å²) in [4.78, 5) is 17.8. The number of morpholine rings is 1. The lowest BCUT2D eigenvalue weighted by Crippen LogP contribution is -2.45. The highest BCUT2D eigenvalue weighted by Gasteiger charge is 2.31. The molecule has 2 aromatic carbocycles. The third-order valence-electron chi connectivity index (χ3n) is 5.06. The molecular weight excluding hydrogens is 459 g/mol. The summed E-state index contributed by atoms with van der Waals surface area (Å²) in [6.45, 7) is -1.56. The Morgan fingerprint density at radius 2 is 1.83 bits per heavy atom. The third-order valence-corrected chi connectivity index (χ3v) is 5.06. The van der Waals surface area contributed by atoms with Gasteiger partial charge in [0.1, 0.15) is 11.6 Å². The van der Waals surface area contributed by atoms with Crippen molar-refractivity contribution in [3.8, 4) is 16.9 Å². The molecule has 0 spiro atoms. The number of halogens is 3. The van der Waals surface area contributed by atoms with Crippen LogP contribution in [-0.4, -0.2) is 42.4 Å². The van der Waals surface area contributed by atoms with Gasteiger partial charge in [-0.15, -0.1) is 13.2 Å². The Hall–Kier alpha value is -3.59. The molecule has 1 saturated heterocycles. The van der Waals surface area contributed by atoms with Crippen LogP contribution in [0.3, 0.4) is 0 Å². The van der Waals surface area contributed by atoms with Crippen molar-refractivity contribution >= 4 is 17.4 Å². The maximum absolute atomic E-state index is 13.1. The van der Waals surface area contributed by atoms with E-state index in [9.17, 15) is 18.0 Å². The summed E-state index contributed by atoms with van der Waals surface area (Å²) in [7, 11) is 0. The van der Waals surface area contributed by atoms with Gasteiger partial charge in [0.2, 0.25) is 0 Å². The number of hydrogen-bond donors (Lipinski definition) is 1. The lowest BCUT2D eigenvalue weighted by molar-refractivity contribution is -0.274. The van der Waals surface area contributed by atoms with E-state index in [1.165, 1.54) is 42.6 Å². The summed E-state index contributed by atoms with van der Waals surface area (Å²) in [6, 6.07) is 12.8. The summed E-state index contributed by atoms with van der Waals surface area (Å²) >= 11 is 0.